The second-order valence-corrected chi connectivity index (χ2v) is 6.34. The molecule has 0 saturated carbocycles. The smallest absolute Gasteiger partial charge is 0.341 e. The van der Waals surface area contributed by atoms with Gasteiger partial charge in [-0.25, -0.2) is 14.3 Å². The number of fused-ring (bicyclic) bond motifs is 1. The first-order valence-corrected chi connectivity index (χ1v) is 8.80. The van der Waals surface area contributed by atoms with E-state index in [1.54, 1.807) is 22.7 Å². The Hall–Kier alpha value is -3.49. The van der Waals surface area contributed by atoms with Crippen molar-refractivity contribution in [1.29, 1.82) is 0 Å². The number of rotatable bonds is 8. The van der Waals surface area contributed by atoms with Crippen molar-refractivity contribution in [2.24, 2.45) is 0 Å². The standard InChI is InChI=1S/C19H21N5O4/c1-12-16(13(2)24-19(23-12)21-11-22-24)6-7-17(25)20-9-14-4-3-5-15(8-14)28-10-18(26)27/h3-5,8,11H,6-7,9-10H2,1-2H3,(H,20,25)(H,26,27). The van der Waals surface area contributed by atoms with Crippen LogP contribution in [0.3, 0.4) is 0 Å². The summed E-state index contributed by atoms with van der Waals surface area (Å²) in [5.74, 6) is -0.127. The number of hydrogen-bond donors (Lipinski definition) is 2. The van der Waals surface area contributed by atoms with Crippen LogP contribution in [-0.2, 0) is 22.6 Å². The van der Waals surface area contributed by atoms with Crippen LogP contribution in [0.5, 0.6) is 5.75 Å². The van der Waals surface area contributed by atoms with E-state index in [0.717, 1.165) is 22.5 Å². The number of nitrogens with zero attached hydrogens (tertiary/aromatic N) is 4. The van der Waals surface area contributed by atoms with Gasteiger partial charge in [0.15, 0.2) is 6.61 Å². The summed E-state index contributed by atoms with van der Waals surface area (Å²) in [5.41, 5.74) is 3.58. The van der Waals surface area contributed by atoms with Gasteiger partial charge in [0.2, 0.25) is 5.91 Å². The van der Waals surface area contributed by atoms with Crippen molar-refractivity contribution in [2.45, 2.75) is 33.2 Å². The Morgan fingerprint density at radius 2 is 2.11 bits per heavy atom. The summed E-state index contributed by atoms with van der Waals surface area (Å²) >= 11 is 0. The summed E-state index contributed by atoms with van der Waals surface area (Å²) in [6.45, 7) is 3.77. The first kappa shape index (κ1) is 19.3. The van der Waals surface area contributed by atoms with E-state index in [2.05, 4.69) is 20.4 Å². The SMILES string of the molecule is Cc1nc2ncnn2c(C)c1CCC(=O)NCc1cccc(OCC(=O)O)c1. The zero-order valence-electron chi connectivity index (χ0n) is 15.7. The fourth-order valence-corrected chi connectivity index (χ4v) is 2.94. The lowest BCUT2D eigenvalue weighted by molar-refractivity contribution is -0.139. The van der Waals surface area contributed by atoms with Crippen LogP contribution in [0.4, 0.5) is 0 Å². The minimum atomic E-state index is -1.04. The lowest BCUT2D eigenvalue weighted by Gasteiger charge is -2.11. The van der Waals surface area contributed by atoms with Gasteiger partial charge in [0.05, 0.1) is 0 Å². The van der Waals surface area contributed by atoms with Crippen molar-refractivity contribution in [3.05, 3.63) is 53.1 Å². The molecule has 3 aromatic rings. The average Bonchev–Trinajstić information content (AvgIpc) is 3.13. The lowest BCUT2D eigenvalue weighted by atomic mass is 10.1. The first-order chi connectivity index (χ1) is 13.4. The molecule has 0 bridgehead atoms. The van der Waals surface area contributed by atoms with Crippen LogP contribution in [0.1, 0.15) is 28.9 Å². The van der Waals surface area contributed by atoms with Crippen LogP contribution in [0, 0.1) is 13.8 Å². The molecule has 28 heavy (non-hydrogen) atoms. The minimum Gasteiger partial charge on any atom is -0.482 e. The van der Waals surface area contributed by atoms with E-state index in [4.69, 9.17) is 9.84 Å². The molecule has 0 saturated heterocycles. The number of aryl methyl sites for hydroxylation is 2. The predicted molar refractivity (Wildman–Crippen MR) is 100.0 cm³/mol. The zero-order chi connectivity index (χ0) is 20.1. The summed E-state index contributed by atoms with van der Waals surface area (Å²) in [6.07, 6.45) is 2.33. The average molecular weight is 383 g/mol. The molecule has 9 heteroatoms. The number of carbonyl (C=O) groups is 2. The number of aliphatic carboxylic acids is 1. The van der Waals surface area contributed by atoms with Crippen molar-refractivity contribution >= 4 is 17.7 Å². The third-order valence-corrected chi connectivity index (χ3v) is 4.34. The van der Waals surface area contributed by atoms with Gasteiger partial charge in [0.25, 0.3) is 5.78 Å². The van der Waals surface area contributed by atoms with Crippen LogP contribution < -0.4 is 10.1 Å². The molecule has 0 aliphatic rings. The number of carbonyl (C=O) groups excluding carboxylic acids is 1. The highest BCUT2D eigenvalue weighted by Crippen LogP contribution is 2.15. The second-order valence-electron chi connectivity index (χ2n) is 6.34. The van der Waals surface area contributed by atoms with Crippen LogP contribution in [0.15, 0.2) is 30.6 Å². The summed E-state index contributed by atoms with van der Waals surface area (Å²) in [4.78, 5) is 31.3. The van der Waals surface area contributed by atoms with E-state index in [9.17, 15) is 9.59 Å². The van der Waals surface area contributed by atoms with E-state index in [-0.39, 0.29) is 5.91 Å². The topological polar surface area (TPSA) is 119 Å². The Kier molecular flexibility index (Phi) is 5.83. The molecule has 0 fully saturated rings. The molecule has 0 radical (unpaired) electrons. The summed E-state index contributed by atoms with van der Waals surface area (Å²) in [5, 5.41) is 15.7. The number of hydrogen-bond acceptors (Lipinski definition) is 6. The molecule has 0 aliphatic carbocycles. The molecule has 0 unspecified atom stereocenters. The number of benzene rings is 1. The lowest BCUT2D eigenvalue weighted by Crippen LogP contribution is -2.23. The molecular weight excluding hydrogens is 362 g/mol. The van der Waals surface area contributed by atoms with Crippen molar-refractivity contribution < 1.29 is 19.4 Å². The van der Waals surface area contributed by atoms with Gasteiger partial charge in [0, 0.05) is 24.4 Å². The van der Waals surface area contributed by atoms with E-state index in [1.807, 2.05) is 19.9 Å². The van der Waals surface area contributed by atoms with Crippen LogP contribution in [0.25, 0.3) is 5.78 Å². The summed E-state index contributed by atoms with van der Waals surface area (Å²) in [6, 6.07) is 6.97. The number of carboxylic acids is 1. The van der Waals surface area contributed by atoms with Crippen molar-refractivity contribution in [3.63, 3.8) is 0 Å². The fraction of sp³-hybridized carbons (Fsp3) is 0.316. The molecule has 3 rings (SSSR count). The maximum absolute atomic E-state index is 12.3. The number of aromatic nitrogens is 4. The van der Waals surface area contributed by atoms with Gasteiger partial charge in [0.1, 0.15) is 12.1 Å². The summed E-state index contributed by atoms with van der Waals surface area (Å²) < 4.78 is 6.81. The molecular formula is C19H21N5O4. The summed E-state index contributed by atoms with van der Waals surface area (Å²) in [7, 11) is 0. The molecule has 0 atom stereocenters. The molecule has 146 valence electrons. The largest absolute Gasteiger partial charge is 0.482 e. The monoisotopic (exact) mass is 383 g/mol. The molecule has 2 heterocycles. The number of amides is 1. The highest BCUT2D eigenvalue weighted by atomic mass is 16.5. The van der Waals surface area contributed by atoms with Gasteiger partial charge in [-0.15, -0.1) is 0 Å². The highest BCUT2D eigenvalue weighted by Gasteiger charge is 2.12. The van der Waals surface area contributed by atoms with Crippen LogP contribution in [-0.4, -0.2) is 43.2 Å². The van der Waals surface area contributed by atoms with Gasteiger partial charge in [-0.1, -0.05) is 12.1 Å². The normalized spacial score (nSPS) is 10.8. The Balaban J connectivity index is 1.55. The van der Waals surface area contributed by atoms with Crippen LogP contribution >= 0.6 is 0 Å². The fourth-order valence-electron chi connectivity index (χ4n) is 2.94. The van der Waals surface area contributed by atoms with E-state index in [0.29, 0.717) is 30.9 Å². The quantitative estimate of drug-likeness (QED) is 0.604. The zero-order valence-corrected chi connectivity index (χ0v) is 15.7. The molecule has 1 amide bonds. The van der Waals surface area contributed by atoms with E-state index < -0.39 is 12.6 Å². The van der Waals surface area contributed by atoms with Gasteiger partial charge in [-0.2, -0.15) is 10.1 Å². The van der Waals surface area contributed by atoms with Crippen molar-refractivity contribution in [2.75, 3.05) is 6.61 Å². The Labute approximate surface area is 161 Å². The maximum Gasteiger partial charge on any atom is 0.341 e. The Bertz CT molecular complexity index is 1010. The van der Waals surface area contributed by atoms with Gasteiger partial charge in [-0.05, 0) is 43.5 Å². The van der Waals surface area contributed by atoms with Crippen LogP contribution in [0.2, 0.25) is 0 Å². The maximum atomic E-state index is 12.3. The third kappa shape index (κ3) is 4.61. The molecule has 0 spiro atoms. The number of nitrogens with one attached hydrogen (secondary N) is 1. The molecule has 2 N–H and O–H groups in total. The molecule has 9 nitrogen and oxygen atoms in total. The molecule has 2 aromatic heterocycles. The highest BCUT2D eigenvalue weighted by molar-refractivity contribution is 5.76. The van der Waals surface area contributed by atoms with Gasteiger partial charge >= 0.3 is 5.97 Å². The first-order valence-electron chi connectivity index (χ1n) is 8.80. The van der Waals surface area contributed by atoms with Crippen molar-refractivity contribution in [1.82, 2.24) is 24.9 Å². The predicted octanol–water partition coefficient (Wildman–Crippen LogP) is 1.45. The van der Waals surface area contributed by atoms with E-state index >= 15 is 0 Å². The third-order valence-electron chi connectivity index (χ3n) is 4.34. The van der Waals surface area contributed by atoms with Gasteiger partial charge in [-0.3, -0.25) is 4.79 Å². The number of ether oxygens (including phenoxy) is 1. The Morgan fingerprint density at radius 1 is 1.29 bits per heavy atom. The molecule has 0 aliphatic heterocycles. The Morgan fingerprint density at radius 3 is 2.89 bits per heavy atom. The van der Waals surface area contributed by atoms with Gasteiger partial charge < -0.3 is 15.2 Å². The molecule has 1 aromatic carbocycles. The number of carboxylic acid groups (broad SMARTS) is 1. The minimum absolute atomic E-state index is 0.0886. The van der Waals surface area contributed by atoms with E-state index in [1.165, 1.54) is 6.33 Å². The second kappa shape index (κ2) is 8.47. The van der Waals surface area contributed by atoms with Crippen molar-refractivity contribution in [3.8, 4) is 5.75 Å².